The van der Waals surface area contributed by atoms with Crippen LogP contribution in [0.15, 0.2) is 48.7 Å². The molecular formula is C41H36Cl2F4N6O3. The van der Waals surface area contributed by atoms with Crippen LogP contribution in [0.2, 0.25) is 10.0 Å². The highest BCUT2D eigenvalue weighted by Crippen LogP contribution is 2.51. The van der Waals surface area contributed by atoms with E-state index >= 15 is 4.39 Å². The summed E-state index contributed by atoms with van der Waals surface area (Å²) >= 11 is 13.1. The number of likely N-dealkylation sites (tertiary alicyclic amines) is 1. The largest absolute Gasteiger partial charge is 0.483 e. The molecule has 15 heteroatoms. The first kappa shape index (κ1) is 37.0. The molecule has 3 aliphatic heterocycles. The summed E-state index contributed by atoms with van der Waals surface area (Å²) in [6, 6.07) is 14.0. The van der Waals surface area contributed by atoms with Gasteiger partial charge in [0, 0.05) is 70.8 Å². The Labute approximate surface area is 329 Å². The van der Waals surface area contributed by atoms with Crippen molar-refractivity contribution in [3.63, 3.8) is 0 Å². The second-order valence-electron chi connectivity index (χ2n) is 15.2. The minimum Gasteiger partial charge on any atom is -0.483 e. The lowest BCUT2D eigenvalue weighted by molar-refractivity contribution is -0.154. The number of carbonyl (C=O) groups is 1. The lowest BCUT2D eigenvalue weighted by atomic mass is 9.79. The third-order valence-electron chi connectivity index (χ3n) is 11.6. The van der Waals surface area contributed by atoms with Crippen LogP contribution in [0.4, 0.5) is 17.6 Å². The van der Waals surface area contributed by atoms with Crippen molar-refractivity contribution in [1.82, 2.24) is 24.8 Å². The van der Waals surface area contributed by atoms with Crippen molar-refractivity contribution >= 4 is 50.9 Å². The van der Waals surface area contributed by atoms with Crippen molar-refractivity contribution in [2.45, 2.75) is 75.9 Å². The van der Waals surface area contributed by atoms with E-state index in [-0.39, 0.29) is 76.1 Å². The highest BCUT2D eigenvalue weighted by molar-refractivity contribution is 6.43. The number of amides is 1. The van der Waals surface area contributed by atoms with Crippen molar-refractivity contribution in [3.8, 4) is 28.8 Å². The Kier molecular flexibility index (Phi) is 9.29. The molecule has 0 unspecified atom stereocenters. The van der Waals surface area contributed by atoms with Crippen LogP contribution in [0.3, 0.4) is 0 Å². The van der Waals surface area contributed by atoms with Crippen molar-refractivity contribution in [3.05, 3.63) is 81.5 Å². The van der Waals surface area contributed by atoms with Crippen LogP contribution in [0.5, 0.6) is 11.6 Å². The number of nitriles is 1. The van der Waals surface area contributed by atoms with Gasteiger partial charge in [-0.2, -0.15) is 18.4 Å². The number of pyridine rings is 2. The van der Waals surface area contributed by atoms with Crippen LogP contribution >= 0.6 is 23.2 Å². The molecule has 5 atom stereocenters. The van der Waals surface area contributed by atoms with Gasteiger partial charge in [-0.05, 0) is 74.4 Å². The van der Waals surface area contributed by atoms with Gasteiger partial charge in [0.1, 0.15) is 11.6 Å². The van der Waals surface area contributed by atoms with E-state index in [1.807, 2.05) is 17.9 Å². The molecule has 6 heterocycles. The summed E-state index contributed by atoms with van der Waals surface area (Å²) in [7, 11) is 0. The molecule has 0 radical (unpaired) electrons. The fourth-order valence-corrected chi connectivity index (χ4v) is 9.37. The number of benzene rings is 2. The molecule has 2 bridgehead atoms. The van der Waals surface area contributed by atoms with Crippen molar-refractivity contribution in [2.75, 3.05) is 19.7 Å². The number of nitrogens with zero attached hydrogens (tertiary/aromatic N) is 5. The standard InChI is InChI=1S/C41H36Cl2F4N6O3/c1-20-26-16-31(30-15-24(18-52(30)40(54)21-9-10-21)56-32-8-4-12-49-39(32)55-19-41(45,46)47)53(37-23-14-29(37)50-17-23)38(26)27-13-22(5-3-11-48)33(35(44)36(27)51-20)25-6-2-7-28(42)34(25)43/h2,4,6-8,12-13,16,21,23-24,29-30,37,50H,3,5,9-10,14-15,17-19H2,1H3/t23-,24+,29-,30-,37+/m1/s1. The van der Waals surface area contributed by atoms with E-state index < -0.39 is 30.7 Å². The Balaban J connectivity index is 1.21. The van der Waals surface area contributed by atoms with Gasteiger partial charge in [-0.15, -0.1) is 0 Å². The minimum absolute atomic E-state index is 0.0000689. The zero-order chi connectivity index (χ0) is 39.0. The summed E-state index contributed by atoms with van der Waals surface area (Å²) < 4.78 is 70.1. The number of hydrogen-bond donors (Lipinski definition) is 1. The predicted octanol–water partition coefficient (Wildman–Crippen LogP) is 9.07. The first-order valence-electron chi connectivity index (χ1n) is 18.7. The molecule has 290 valence electrons. The highest BCUT2D eigenvalue weighted by Gasteiger charge is 2.51. The molecule has 10 rings (SSSR count). The Hall–Kier alpha value is -4.64. The van der Waals surface area contributed by atoms with Gasteiger partial charge in [0.05, 0.1) is 40.3 Å². The van der Waals surface area contributed by atoms with E-state index in [1.54, 1.807) is 24.3 Å². The van der Waals surface area contributed by atoms with E-state index in [9.17, 15) is 23.2 Å². The van der Waals surface area contributed by atoms with Crippen molar-refractivity contribution in [2.24, 2.45) is 11.8 Å². The van der Waals surface area contributed by atoms with Gasteiger partial charge < -0.3 is 24.3 Å². The molecule has 56 heavy (non-hydrogen) atoms. The average Bonchev–Trinajstić information content (AvgIpc) is 3.44. The molecular weight excluding hydrogens is 771 g/mol. The highest BCUT2D eigenvalue weighted by atomic mass is 35.5. The van der Waals surface area contributed by atoms with Crippen LogP contribution in [0.1, 0.15) is 61.1 Å². The second kappa shape index (κ2) is 14.1. The van der Waals surface area contributed by atoms with E-state index in [1.165, 1.54) is 12.3 Å². The van der Waals surface area contributed by atoms with Crippen LogP contribution in [0, 0.1) is 35.9 Å². The number of ether oxygens (including phenoxy) is 2. The normalized spacial score (nSPS) is 23.1. The molecule has 1 N–H and O–H groups in total. The van der Waals surface area contributed by atoms with Gasteiger partial charge in [-0.3, -0.25) is 4.79 Å². The van der Waals surface area contributed by atoms with E-state index in [4.69, 9.17) is 37.7 Å². The van der Waals surface area contributed by atoms with Gasteiger partial charge in [0.2, 0.25) is 5.91 Å². The zero-order valence-electron chi connectivity index (χ0n) is 30.2. The predicted molar refractivity (Wildman–Crippen MR) is 202 cm³/mol. The number of nitrogens with one attached hydrogen (secondary N) is 1. The van der Waals surface area contributed by atoms with Gasteiger partial charge in [0.15, 0.2) is 18.2 Å². The third kappa shape index (κ3) is 6.39. The number of alkyl halides is 3. The fourth-order valence-electron chi connectivity index (χ4n) is 8.97. The Bertz CT molecular complexity index is 2430. The van der Waals surface area contributed by atoms with Gasteiger partial charge in [-0.25, -0.2) is 14.4 Å². The minimum atomic E-state index is -4.57. The molecule has 5 aliphatic rings. The lowest BCUT2D eigenvalue weighted by Gasteiger charge is -2.39. The zero-order valence-corrected chi connectivity index (χ0v) is 31.7. The number of fused-ring (bicyclic) bond motifs is 4. The van der Waals surface area contributed by atoms with Crippen LogP contribution in [-0.2, 0) is 11.2 Å². The summed E-state index contributed by atoms with van der Waals surface area (Å²) in [5.41, 5.74) is 3.68. The van der Waals surface area contributed by atoms with E-state index in [2.05, 4.69) is 27.0 Å². The molecule has 0 spiro atoms. The molecule has 3 saturated heterocycles. The molecule has 3 aromatic heterocycles. The summed E-state index contributed by atoms with van der Waals surface area (Å²) in [5.74, 6) is -0.591. The topological polar surface area (TPSA) is 105 Å². The lowest BCUT2D eigenvalue weighted by Crippen LogP contribution is -2.41. The van der Waals surface area contributed by atoms with Gasteiger partial charge >= 0.3 is 6.18 Å². The third-order valence-corrected chi connectivity index (χ3v) is 12.5. The Morgan fingerprint density at radius 3 is 2.66 bits per heavy atom. The quantitative estimate of drug-likeness (QED) is 0.141. The molecule has 5 aromatic rings. The number of halogens is 6. The van der Waals surface area contributed by atoms with Crippen LogP contribution < -0.4 is 14.8 Å². The van der Waals surface area contributed by atoms with Gasteiger partial charge in [0.25, 0.3) is 5.88 Å². The van der Waals surface area contributed by atoms with Crippen LogP contribution in [0.25, 0.3) is 32.9 Å². The fraction of sp³-hybridized carbons (Fsp3) is 0.415. The SMILES string of the molecule is Cc1nc2c(F)c(-c3cccc(Cl)c3Cl)c(CCC#N)cc2c2c1cc([C@H]1C[C@H](Oc3cccnc3OCC(F)(F)F)CN1C(=O)C1CC1)n2[C@H]1[C@H]2CN[C@@H]1C2. The molecule has 1 amide bonds. The monoisotopic (exact) mass is 806 g/mol. The Morgan fingerprint density at radius 1 is 1.12 bits per heavy atom. The van der Waals surface area contributed by atoms with Crippen LogP contribution in [-0.4, -0.2) is 63.4 Å². The average molecular weight is 808 g/mol. The number of hydrogen-bond acceptors (Lipinski definition) is 7. The van der Waals surface area contributed by atoms with E-state index in [0.717, 1.165) is 42.4 Å². The van der Waals surface area contributed by atoms with E-state index in [0.29, 0.717) is 34.5 Å². The number of rotatable bonds is 10. The number of aromatic nitrogens is 3. The van der Waals surface area contributed by atoms with Gasteiger partial charge in [-0.1, -0.05) is 35.3 Å². The molecule has 2 aromatic carbocycles. The maximum Gasteiger partial charge on any atom is 0.422 e. The number of aryl methyl sites for hydroxylation is 2. The smallest absolute Gasteiger partial charge is 0.422 e. The summed E-state index contributed by atoms with van der Waals surface area (Å²) in [6.07, 6.45) is -0.526. The molecule has 5 fully saturated rings. The first-order chi connectivity index (χ1) is 26.9. The summed E-state index contributed by atoms with van der Waals surface area (Å²) in [5, 5.41) is 15.1. The maximum absolute atomic E-state index is 17.2. The summed E-state index contributed by atoms with van der Waals surface area (Å²) in [6.45, 7) is 1.35. The first-order valence-corrected chi connectivity index (χ1v) is 19.5. The molecule has 9 nitrogen and oxygen atoms in total. The van der Waals surface area contributed by atoms with Crippen molar-refractivity contribution < 1.29 is 31.8 Å². The maximum atomic E-state index is 17.2. The molecule has 2 saturated carbocycles. The molecule has 2 aliphatic carbocycles. The van der Waals surface area contributed by atoms with Crippen molar-refractivity contribution in [1.29, 1.82) is 5.26 Å². The number of carbonyl (C=O) groups excluding carboxylic acids is 1. The second-order valence-corrected chi connectivity index (χ2v) is 16.0. The Morgan fingerprint density at radius 2 is 1.95 bits per heavy atom. The summed E-state index contributed by atoms with van der Waals surface area (Å²) in [4.78, 5) is 24.8.